The largest absolute Gasteiger partial charge is 0.490 e. The van der Waals surface area contributed by atoms with E-state index >= 15 is 0 Å². The Morgan fingerprint density at radius 1 is 1.20 bits per heavy atom. The molecule has 3 atom stereocenters. The number of hydrogen-bond donors (Lipinski definition) is 2. The lowest BCUT2D eigenvalue weighted by molar-refractivity contribution is -0.140. The molecule has 0 unspecified atom stereocenters. The first-order valence-electron chi connectivity index (χ1n) is 11.5. The van der Waals surface area contributed by atoms with Gasteiger partial charge < -0.3 is 34.4 Å². The van der Waals surface area contributed by atoms with Crippen LogP contribution in [0.1, 0.15) is 41.1 Å². The SMILES string of the molecule is Cc1noc(C)c1NC(=O)Nc1ccc2c(c1)C(=O)N(C)[C@@H]1CC[C@@H](CC(=O)N(C)C)O[C@H]1CO2. The first kappa shape index (κ1) is 24.5. The average Bonchev–Trinajstić information content (AvgIpc) is 3.13. The zero-order valence-electron chi connectivity index (χ0n) is 20.6. The molecular formula is C24H31N5O6. The van der Waals surface area contributed by atoms with Gasteiger partial charge in [-0.3, -0.25) is 9.59 Å². The Kier molecular flexibility index (Phi) is 6.97. The number of nitrogens with zero attached hydrogens (tertiary/aromatic N) is 3. The van der Waals surface area contributed by atoms with Gasteiger partial charge in [-0.05, 0) is 44.9 Å². The van der Waals surface area contributed by atoms with Gasteiger partial charge in [0.2, 0.25) is 5.91 Å². The van der Waals surface area contributed by atoms with Crippen LogP contribution in [0.2, 0.25) is 0 Å². The van der Waals surface area contributed by atoms with Crippen molar-refractivity contribution in [1.82, 2.24) is 15.0 Å². The highest BCUT2D eigenvalue weighted by Gasteiger charge is 2.39. The quantitative estimate of drug-likeness (QED) is 0.682. The minimum absolute atomic E-state index is 0.00779. The van der Waals surface area contributed by atoms with E-state index in [1.165, 1.54) is 0 Å². The van der Waals surface area contributed by atoms with Crippen molar-refractivity contribution in [3.05, 3.63) is 35.2 Å². The number of fused-ring (bicyclic) bond motifs is 2. The lowest BCUT2D eigenvalue weighted by Gasteiger charge is -2.42. The smallest absolute Gasteiger partial charge is 0.323 e. The highest BCUT2D eigenvalue weighted by molar-refractivity contribution is 6.03. The summed E-state index contributed by atoms with van der Waals surface area (Å²) in [5.74, 6) is 0.690. The normalized spacial score (nSPS) is 21.7. The molecule has 0 spiro atoms. The number of ether oxygens (including phenoxy) is 2. The fourth-order valence-electron chi connectivity index (χ4n) is 4.42. The Morgan fingerprint density at radius 2 is 1.97 bits per heavy atom. The Balaban J connectivity index is 1.47. The van der Waals surface area contributed by atoms with Gasteiger partial charge >= 0.3 is 6.03 Å². The molecule has 4 rings (SSSR count). The van der Waals surface area contributed by atoms with Crippen molar-refractivity contribution in [1.29, 1.82) is 0 Å². The monoisotopic (exact) mass is 485 g/mol. The summed E-state index contributed by atoms with van der Waals surface area (Å²) in [6.07, 6.45) is 1.13. The Morgan fingerprint density at radius 3 is 2.66 bits per heavy atom. The van der Waals surface area contributed by atoms with E-state index in [0.29, 0.717) is 53.4 Å². The van der Waals surface area contributed by atoms with Crippen molar-refractivity contribution >= 4 is 29.2 Å². The predicted octanol–water partition coefficient (Wildman–Crippen LogP) is 2.79. The fraction of sp³-hybridized carbons (Fsp3) is 0.500. The maximum Gasteiger partial charge on any atom is 0.323 e. The molecule has 11 heteroatoms. The van der Waals surface area contributed by atoms with Crippen molar-refractivity contribution in [3.63, 3.8) is 0 Å². The topological polar surface area (TPSA) is 126 Å². The molecule has 0 bridgehead atoms. The van der Waals surface area contributed by atoms with Crippen molar-refractivity contribution in [2.75, 3.05) is 38.4 Å². The second-order valence-corrected chi connectivity index (χ2v) is 9.15. The number of urea groups is 1. The maximum absolute atomic E-state index is 13.4. The molecule has 3 heterocycles. The van der Waals surface area contributed by atoms with Gasteiger partial charge in [0.15, 0.2) is 5.76 Å². The number of carbonyl (C=O) groups is 3. The number of aromatic nitrogens is 1. The van der Waals surface area contributed by atoms with Gasteiger partial charge in [-0.15, -0.1) is 0 Å². The third kappa shape index (κ3) is 5.24. The Bertz CT molecular complexity index is 1110. The fourth-order valence-corrected chi connectivity index (χ4v) is 4.42. The van der Waals surface area contributed by atoms with Gasteiger partial charge in [0.25, 0.3) is 5.91 Å². The molecule has 188 valence electrons. The van der Waals surface area contributed by atoms with Gasteiger partial charge in [0.05, 0.1) is 24.1 Å². The van der Waals surface area contributed by atoms with Gasteiger partial charge in [-0.2, -0.15) is 0 Å². The standard InChI is InChI=1S/C24H31N5O6/c1-13-22(14(2)35-27-13)26-24(32)25-15-6-9-19-17(10-15)23(31)29(5)18-8-7-16(11-21(30)28(3)4)34-20(18)12-33-19/h6,9-10,16,18,20H,7-8,11-12H2,1-5H3,(H2,25,26,32)/t16-,18+,20-/m0/s1. The van der Waals surface area contributed by atoms with Gasteiger partial charge in [-0.1, -0.05) is 5.16 Å². The van der Waals surface area contributed by atoms with E-state index in [1.807, 2.05) is 0 Å². The summed E-state index contributed by atoms with van der Waals surface area (Å²) in [6.45, 7) is 3.69. The van der Waals surface area contributed by atoms with Crippen LogP contribution < -0.4 is 15.4 Å². The first-order chi connectivity index (χ1) is 16.6. The second-order valence-electron chi connectivity index (χ2n) is 9.15. The molecule has 1 aromatic heterocycles. The van der Waals surface area contributed by atoms with Crippen molar-refractivity contribution < 1.29 is 28.4 Å². The Labute approximate surface area is 203 Å². The van der Waals surface area contributed by atoms with Crippen LogP contribution in [0.3, 0.4) is 0 Å². The summed E-state index contributed by atoms with van der Waals surface area (Å²) in [4.78, 5) is 41.2. The third-order valence-electron chi connectivity index (χ3n) is 6.44. The molecule has 1 fully saturated rings. The highest BCUT2D eigenvalue weighted by Crippen LogP contribution is 2.32. The number of anilines is 2. The number of benzene rings is 1. The van der Waals surface area contributed by atoms with E-state index < -0.39 is 6.03 Å². The van der Waals surface area contributed by atoms with E-state index in [9.17, 15) is 14.4 Å². The van der Waals surface area contributed by atoms with Crippen LogP contribution >= 0.6 is 0 Å². The lowest BCUT2D eigenvalue weighted by atomic mass is 9.94. The molecule has 11 nitrogen and oxygen atoms in total. The number of carbonyl (C=O) groups excluding carboxylic acids is 3. The highest BCUT2D eigenvalue weighted by atomic mass is 16.5. The lowest BCUT2D eigenvalue weighted by Crippen LogP contribution is -2.53. The molecule has 1 aromatic carbocycles. The number of rotatable bonds is 4. The van der Waals surface area contributed by atoms with Crippen molar-refractivity contribution in [2.24, 2.45) is 0 Å². The summed E-state index contributed by atoms with van der Waals surface area (Å²) >= 11 is 0. The van der Waals surface area contributed by atoms with Crippen LogP contribution in [-0.2, 0) is 9.53 Å². The van der Waals surface area contributed by atoms with Crippen LogP contribution in [-0.4, -0.2) is 78.8 Å². The average molecular weight is 486 g/mol. The van der Waals surface area contributed by atoms with Crippen LogP contribution in [0, 0.1) is 13.8 Å². The number of amides is 4. The summed E-state index contributed by atoms with van der Waals surface area (Å²) in [5, 5.41) is 9.27. The molecule has 2 aliphatic rings. The van der Waals surface area contributed by atoms with Gasteiger partial charge in [0.1, 0.15) is 29.8 Å². The molecule has 2 aromatic rings. The van der Waals surface area contributed by atoms with Crippen LogP contribution in [0.4, 0.5) is 16.2 Å². The molecule has 4 amide bonds. The zero-order chi connectivity index (χ0) is 25.3. The second kappa shape index (κ2) is 9.95. The molecule has 0 aliphatic carbocycles. The molecule has 2 aliphatic heterocycles. The van der Waals surface area contributed by atoms with Gasteiger partial charge in [0, 0.05) is 26.8 Å². The van der Waals surface area contributed by atoms with E-state index in [2.05, 4.69) is 15.8 Å². The number of aryl methyl sites for hydroxylation is 2. The summed E-state index contributed by atoms with van der Waals surface area (Å²) in [6, 6.07) is 4.26. The summed E-state index contributed by atoms with van der Waals surface area (Å²) in [5.41, 5.74) is 1.86. The van der Waals surface area contributed by atoms with Crippen LogP contribution in [0.5, 0.6) is 5.75 Å². The van der Waals surface area contributed by atoms with Crippen molar-refractivity contribution in [2.45, 2.75) is 51.4 Å². The maximum atomic E-state index is 13.4. The predicted molar refractivity (Wildman–Crippen MR) is 128 cm³/mol. The number of nitrogens with one attached hydrogen (secondary N) is 2. The summed E-state index contributed by atoms with van der Waals surface area (Å²) < 4.78 is 17.2. The first-order valence-corrected chi connectivity index (χ1v) is 11.5. The number of hydrogen-bond acceptors (Lipinski definition) is 7. The summed E-state index contributed by atoms with van der Waals surface area (Å²) in [7, 11) is 5.19. The van der Waals surface area contributed by atoms with Crippen LogP contribution in [0.15, 0.2) is 22.7 Å². The van der Waals surface area contributed by atoms with Crippen molar-refractivity contribution in [3.8, 4) is 5.75 Å². The molecule has 0 saturated carbocycles. The Hall–Kier alpha value is -3.60. The van der Waals surface area contributed by atoms with Crippen LogP contribution in [0.25, 0.3) is 0 Å². The number of likely N-dealkylation sites (N-methyl/N-ethyl adjacent to an activating group) is 1. The zero-order valence-corrected chi connectivity index (χ0v) is 20.6. The third-order valence-corrected chi connectivity index (χ3v) is 6.44. The van der Waals surface area contributed by atoms with E-state index in [4.69, 9.17) is 14.0 Å². The van der Waals surface area contributed by atoms with E-state index in [0.717, 1.165) is 0 Å². The minimum atomic E-state index is -0.481. The molecule has 0 radical (unpaired) electrons. The van der Waals surface area contributed by atoms with E-state index in [1.54, 1.807) is 63.0 Å². The van der Waals surface area contributed by atoms with Gasteiger partial charge in [-0.25, -0.2) is 4.79 Å². The molecule has 2 N–H and O–H groups in total. The molecule has 1 saturated heterocycles. The minimum Gasteiger partial charge on any atom is -0.490 e. The molecule has 35 heavy (non-hydrogen) atoms. The molecular weight excluding hydrogens is 454 g/mol. The van der Waals surface area contributed by atoms with E-state index in [-0.39, 0.29) is 36.7 Å².